The molecule has 110 valence electrons. The Morgan fingerprint density at radius 2 is 2.05 bits per heavy atom. The van der Waals surface area contributed by atoms with Crippen LogP contribution in [0.5, 0.6) is 0 Å². The molecule has 0 aliphatic carbocycles. The van der Waals surface area contributed by atoms with E-state index in [0.717, 1.165) is 39.3 Å². The average molecular weight is 271 g/mol. The summed E-state index contributed by atoms with van der Waals surface area (Å²) in [5.74, 6) is 0.0975. The molecule has 2 fully saturated rings. The summed E-state index contributed by atoms with van der Waals surface area (Å²) in [6.07, 6.45) is 1.23. The number of rotatable bonds is 6. The second-order valence-corrected chi connectivity index (χ2v) is 5.11. The molecule has 1 unspecified atom stereocenters. The van der Waals surface area contributed by atoms with E-state index in [1.807, 2.05) is 4.90 Å². The SMILES string of the molecule is COCCOCC(=O)N1CCN(C2CCNC2)CC1. The normalized spacial score (nSPS) is 24.9. The van der Waals surface area contributed by atoms with Gasteiger partial charge >= 0.3 is 0 Å². The number of nitrogens with zero attached hydrogens (tertiary/aromatic N) is 2. The van der Waals surface area contributed by atoms with E-state index in [1.165, 1.54) is 6.42 Å². The van der Waals surface area contributed by atoms with Crippen LogP contribution in [-0.2, 0) is 14.3 Å². The molecule has 1 atom stereocenters. The summed E-state index contributed by atoms with van der Waals surface area (Å²) in [7, 11) is 1.63. The van der Waals surface area contributed by atoms with Crippen LogP contribution in [0.25, 0.3) is 0 Å². The first-order valence-electron chi connectivity index (χ1n) is 7.10. The fourth-order valence-electron chi connectivity index (χ4n) is 2.68. The Labute approximate surface area is 115 Å². The van der Waals surface area contributed by atoms with Crippen LogP contribution in [-0.4, -0.2) is 87.9 Å². The molecule has 0 aromatic carbocycles. The molecule has 0 aromatic rings. The van der Waals surface area contributed by atoms with E-state index in [-0.39, 0.29) is 12.5 Å². The molecule has 0 saturated carbocycles. The molecular formula is C13H25N3O3. The predicted octanol–water partition coefficient (Wildman–Crippen LogP) is -0.844. The Bertz CT molecular complexity index is 274. The van der Waals surface area contributed by atoms with Gasteiger partial charge in [0.1, 0.15) is 6.61 Å². The van der Waals surface area contributed by atoms with E-state index >= 15 is 0 Å². The van der Waals surface area contributed by atoms with Crippen LogP contribution < -0.4 is 5.32 Å². The number of nitrogens with one attached hydrogen (secondary N) is 1. The van der Waals surface area contributed by atoms with Crippen LogP contribution in [0.3, 0.4) is 0 Å². The lowest BCUT2D eigenvalue weighted by Gasteiger charge is -2.37. The van der Waals surface area contributed by atoms with Gasteiger partial charge in [0.15, 0.2) is 0 Å². The largest absolute Gasteiger partial charge is 0.382 e. The van der Waals surface area contributed by atoms with Crippen LogP contribution in [0, 0.1) is 0 Å². The lowest BCUT2D eigenvalue weighted by atomic mass is 10.2. The highest BCUT2D eigenvalue weighted by Gasteiger charge is 2.27. The first-order valence-corrected chi connectivity index (χ1v) is 7.10. The second kappa shape index (κ2) is 7.79. The fraction of sp³-hybridized carbons (Fsp3) is 0.923. The Kier molecular flexibility index (Phi) is 6.03. The lowest BCUT2D eigenvalue weighted by molar-refractivity contribution is -0.138. The first kappa shape index (κ1) is 14.7. The van der Waals surface area contributed by atoms with Gasteiger partial charge in [0, 0.05) is 45.9 Å². The minimum atomic E-state index is 0.0975. The third kappa shape index (κ3) is 4.42. The van der Waals surface area contributed by atoms with Gasteiger partial charge in [-0.1, -0.05) is 0 Å². The van der Waals surface area contributed by atoms with Crippen molar-refractivity contribution in [3.8, 4) is 0 Å². The zero-order valence-corrected chi connectivity index (χ0v) is 11.8. The number of amides is 1. The van der Waals surface area contributed by atoms with Crippen LogP contribution in [0.2, 0.25) is 0 Å². The van der Waals surface area contributed by atoms with E-state index in [9.17, 15) is 4.79 Å². The van der Waals surface area contributed by atoms with E-state index in [2.05, 4.69) is 10.2 Å². The summed E-state index contributed by atoms with van der Waals surface area (Å²) in [5.41, 5.74) is 0. The standard InChI is InChI=1S/C13H25N3O3/c1-18-8-9-19-11-13(17)16-6-4-15(5-7-16)12-2-3-14-10-12/h12,14H,2-11H2,1H3. The van der Waals surface area contributed by atoms with Crippen molar-refractivity contribution < 1.29 is 14.3 Å². The molecule has 1 N–H and O–H groups in total. The second-order valence-electron chi connectivity index (χ2n) is 5.11. The van der Waals surface area contributed by atoms with E-state index < -0.39 is 0 Å². The molecule has 6 nitrogen and oxygen atoms in total. The molecule has 0 radical (unpaired) electrons. The highest BCUT2D eigenvalue weighted by molar-refractivity contribution is 5.77. The number of piperazine rings is 1. The van der Waals surface area contributed by atoms with Crippen molar-refractivity contribution in [1.29, 1.82) is 0 Å². The Morgan fingerprint density at radius 3 is 2.68 bits per heavy atom. The van der Waals surface area contributed by atoms with Gasteiger partial charge in [-0.15, -0.1) is 0 Å². The molecule has 19 heavy (non-hydrogen) atoms. The molecule has 2 aliphatic heterocycles. The van der Waals surface area contributed by atoms with Crippen LogP contribution in [0.1, 0.15) is 6.42 Å². The minimum Gasteiger partial charge on any atom is -0.382 e. The van der Waals surface area contributed by atoms with E-state index in [0.29, 0.717) is 19.3 Å². The molecule has 1 amide bonds. The van der Waals surface area contributed by atoms with Gasteiger partial charge in [-0.05, 0) is 13.0 Å². The molecule has 2 heterocycles. The van der Waals surface area contributed by atoms with Crippen molar-refractivity contribution in [3.63, 3.8) is 0 Å². The minimum absolute atomic E-state index is 0.0975. The van der Waals surface area contributed by atoms with Gasteiger partial charge in [0.05, 0.1) is 13.2 Å². The summed E-state index contributed by atoms with van der Waals surface area (Å²) in [5, 5.41) is 3.39. The topological polar surface area (TPSA) is 54.0 Å². The third-order valence-corrected chi connectivity index (χ3v) is 3.87. The molecule has 6 heteroatoms. The zero-order chi connectivity index (χ0) is 13.5. The lowest BCUT2D eigenvalue weighted by Crippen LogP contribution is -2.53. The molecule has 0 bridgehead atoms. The number of hydrogen-bond donors (Lipinski definition) is 1. The van der Waals surface area contributed by atoms with E-state index in [4.69, 9.17) is 9.47 Å². The average Bonchev–Trinajstić information content (AvgIpc) is 2.98. The molecule has 2 rings (SSSR count). The van der Waals surface area contributed by atoms with Crippen molar-refractivity contribution in [3.05, 3.63) is 0 Å². The summed E-state index contributed by atoms with van der Waals surface area (Å²) in [6.45, 7) is 7.02. The third-order valence-electron chi connectivity index (χ3n) is 3.87. The van der Waals surface area contributed by atoms with Crippen molar-refractivity contribution in [2.45, 2.75) is 12.5 Å². The highest BCUT2D eigenvalue weighted by Crippen LogP contribution is 2.12. The van der Waals surface area contributed by atoms with Crippen molar-refractivity contribution in [2.24, 2.45) is 0 Å². The number of hydrogen-bond acceptors (Lipinski definition) is 5. The summed E-state index contributed by atoms with van der Waals surface area (Å²) >= 11 is 0. The van der Waals surface area contributed by atoms with Crippen molar-refractivity contribution in [2.75, 3.05) is 66.2 Å². The van der Waals surface area contributed by atoms with Gasteiger partial charge in [0.25, 0.3) is 0 Å². The molecule has 0 spiro atoms. The maximum atomic E-state index is 11.9. The Hall–Kier alpha value is -0.690. The monoisotopic (exact) mass is 271 g/mol. The maximum Gasteiger partial charge on any atom is 0.248 e. The Morgan fingerprint density at radius 1 is 1.26 bits per heavy atom. The van der Waals surface area contributed by atoms with Crippen LogP contribution >= 0.6 is 0 Å². The van der Waals surface area contributed by atoms with Gasteiger partial charge in [-0.3, -0.25) is 9.69 Å². The maximum absolute atomic E-state index is 11.9. The van der Waals surface area contributed by atoms with Crippen LogP contribution in [0.15, 0.2) is 0 Å². The predicted molar refractivity (Wildman–Crippen MR) is 72.1 cm³/mol. The first-order chi connectivity index (χ1) is 9.31. The number of ether oxygens (including phenoxy) is 2. The Balaban J connectivity index is 1.63. The fourth-order valence-corrected chi connectivity index (χ4v) is 2.68. The van der Waals surface area contributed by atoms with Crippen molar-refractivity contribution in [1.82, 2.24) is 15.1 Å². The van der Waals surface area contributed by atoms with Crippen LogP contribution in [0.4, 0.5) is 0 Å². The number of carbonyl (C=O) groups is 1. The molecular weight excluding hydrogens is 246 g/mol. The van der Waals surface area contributed by atoms with Gasteiger partial charge in [-0.25, -0.2) is 0 Å². The summed E-state index contributed by atoms with van der Waals surface area (Å²) in [6, 6.07) is 0.662. The highest BCUT2D eigenvalue weighted by atomic mass is 16.5. The molecule has 2 aliphatic rings. The molecule has 2 saturated heterocycles. The van der Waals surface area contributed by atoms with Gasteiger partial charge < -0.3 is 19.7 Å². The quantitative estimate of drug-likeness (QED) is 0.638. The zero-order valence-electron chi connectivity index (χ0n) is 11.8. The summed E-state index contributed by atoms with van der Waals surface area (Å²) in [4.78, 5) is 16.3. The number of methoxy groups -OCH3 is 1. The van der Waals surface area contributed by atoms with Gasteiger partial charge in [-0.2, -0.15) is 0 Å². The smallest absolute Gasteiger partial charge is 0.248 e. The summed E-state index contributed by atoms with van der Waals surface area (Å²) < 4.78 is 10.2. The van der Waals surface area contributed by atoms with Gasteiger partial charge in [0.2, 0.25) is 5.91 Å². The van der Waals surface area contributed by atoms with E-state index in [1.54, 1.807) is 7.11 Å². The number of carbonyl (C=O) groups excluding carboxylic acids is 1. The molecule has 0 aromatic heterocycles. The van der Waals surface area contributed by atoms with Crippen molar-refractivity contribution >= 4 is 5.91 Å².